The Kier molecular flexibility index (Phi) is 6.86. The Bertz CT molecular complexity index is 507. The summed E-state index contributed by atoms with van der Waals surface area (Å²) < 4.78 is 5.11. The van der Waals surface area contributed by atoms with Gasteiger partial charge in [-0.2, -0.15) is 0 Å². The van der Waals surface area contributed by atoms with Crippen molar-refractivity contribution < 1.29 is 9.53 Å². The predicted molar refractivity (Wildman–Crippen MR) is 92.6 cm³/mol. The number of aryl methyl sites for hydroxylation is 1. The third-order valence-electron chi connectivity index (χ3n) is 4.54. The molecule has 1 aromatic rings. The molecule has 1 aliphatic rings. The number of urea groups is 1. The Morgan fingerprint density at radius 3 is 2.96 bits per heavy atom. The smallest absolute Gasteiger partial charge is 0.315 e. The van der Waals surface area contributed by atoms with Crippen molar-refractivity contribution in [2.24, 2.45) is 5.92 Å². The molecule has 0 spiro atoms. The highest BCUT2D eigenvalue weighted by Crippen LogP contribution is 2.17. The van der Waals surface area contributed by atoms with E-state index in [-0.39, 0.29) is 12.1 Å². The predicted octanol–water partition coefficient (Wildman–Crippen LogP) is 2.32. The van der Waals surface area contributed by atoms with Crippen LogP contribution < -0.4 is 10.6 Å². The fourth-order valence-corrected chi connectivity index (χ4v) is 3.14. The maximum atomic E-state index is 12.1. The fraction of sp³-hybridized carbons (Fsp3) is 0.611. The molecule has 2 unspecified atom stereocenters. The fourth-order valence-electron chi connectivity index (χ4n) is 3.14. The van der Waals surface area contributed by atoms with Crippen LogP contribution in [0, 0.1) is 12.8 Å². The van der Waals surface area contributed by atoms with Crippen LogP contribution in [0.2, 0.25) is 0 Å². The molecule has 2 amide bonds. The number of rotatable bonds is 7. The average Bonchev–Trinajstić information content (AvgIpc) is 2.99. The summed E-state index contributed by atoms with van der Waals surface area (Å²) in [4.78, 5) is 14.5. The van der Waals surface area contributed by atoms with E-state index in [0.717, 1.165) is 44.8 Å². The van der Waals surface area contributed by atoms with Crippen LogP contribution in [0.4, 0.5) is 4.79 Å². The van der Waals surface area contributed by atoms with E-state index in [2.05, 4.69) is 34.6 Å². The van der Waals surface area contributed by atoms with Gasteiger partial charge in [0.05, 0.1) is 12.6 Å². The van der Waals surface area contributed by atoms with Gasteiger partial charge in [-0.1, -0.05) is 24.3 Å². The molecule has 0 radical (unpaired) electrons. The molecule has 0 aliphatic carbocycles. The van der Waals surface area contributed by atoms with Gasteiger partial charge in [0, 0.05) is 26.7 Å². The van der Waals surface area contributed by atoms with Gasteiger partial charge in [-0.05, 0) is 43.9 Å². The molecule has 1 fully saturated rings. The lowest BCUT2D eigenvalue weighted by Crippen LogP contribution is -2.40. The molecule has 5 nitrogen and oxygen atoms in total. The molecule has 1 aromatic carbocycles. The molecule has 1 saturated heterocycles. The van der Waals surface area contributed by atoms with Gasteiger partial charge in [0.25, 0.3) is 0 Å². The Labute approximate surface area is 139 Å². The number of benzene rings is 1. The molecule has 128 valence electrons. The topological polar surface area (TPSA) is 53.6 Å². The number of carbonyl (C=O) groups is 1. The summed E-state index contributed by atoms with van der Waals surface area (Å²) >= 11 is 0. The molecule has 2 rings (SSSR count). The molecule has 1 aliphatic heterocycles. The van der Waals surface area contributed by atoms with Crippen molar-refractivity contribution in [3.8, 4) is 0 Å². The Morgan fingerprint density at radius 2 is 2.22 bits per heavy atom. The molecular weight excluding hydrogens is 290 g/mol. The zero-order chi connectivity index (χ0) is 16.7. The lowest BCUT2D eigenvalue weighted by atomic mass is 10.0. The van der Waals surface area contributed by atoms with Gasteiger partial charge < -0.3 is 20.3 Å². The zero-order valence-corrected chi connectivity index (χ0v) is 14.5. The number of nitrogens with zero attached hydrogens (tertiary/aromatic N) is 1. The number of nitrogens with one attached hydrogen (secondary N) is 2. The highest BCUT2D eigenvalue weighted by Gasteiger charge is 2.22. The first-order chi connectivity index (χ1) is 11.1. The summed E-state index contributed by atoms with van der Waals surface area (Å²) in [6.07, 6.45) is 1.14. The number of carbonyl (C=O) groups excluding carboxylic acids is 1. The molecule has 1 heterocycles. The molecule has 23 heavy (non-hydrogen) atoms. The van der Waals surface area contributed by atoms with Crippen molar-refractivity contribution in [2.75, 3.05) is 39.9 Å². The number of hydrogen-bond acceptors (Lipinski definition) is 3. The molecule has 2 N–H and O–H groups in total. The lowest BCUT2D eigenvalue weighted by molar-refractivity contribution is 0.159. The normalized spacial score (nSPS) is 19.5. The molecular formula is C18H29N3O2. The summed E-state index contributed by atoms with van der Waals surface area (Å²) in [6.45, 7) is 8.70. The van der Waals surface area contributed by atoms with Gasteiger partial charge >= 0.3 is 6.03 Å². The third kappa shape index (κ3) is 5.52. The van der Waals surface area contributed by atoms with Crippen LogP contribution in [0.3, 0.4) is 0 Å². The monoisotopic (exact) mass is 319 g/mol. The molecule has 2 atom stereocenters. The first kappa shape index (κ1) is 17.8. The van der Waals surface area contributed by atoms with E-state index in [1.807, 2.05) is 19.1 Å². The number of likely N-dealkylation sites (tertiary alicyclic amines) is 1. The van der Waals surface area contributed by atoms with Gasteiger partial charge in [-0.15, -0.1) is 0 Å². The highest BCUT2D eigenvalue weighted by atomic mass is 16.5. The van der Waals surface area contributed by atoms with Gasteiger partial charge in [-0.3, -0.25) is 0 Å². The number of ether oxygens (including phenoxy) is 1. The minimum Gasteiger partial charge on any atom is -0.383 e. The van der Waals surface area contributed by atoms with E-state index < -0.39 is 0 Å². The second kappa shape index (κ2) is 8.89. The second-order valence-corrected chi connectivity index (χ2v) is 6.38. The molecule has 0 saturated carbocycles. The summed E-state index contributed by atoms with van der Waals surface area (Å²) in [6, 6.07) is 8.07. The second-order valence-electron chi connectivity index (χ2n) is 6.38. The number of amides is 2. The summed E-state index contributed by atoms with van der Waals surface area (Å²) in [5.41, 5.74) is 2.36. The summed E-state index contributed by atoms with van der Waals surface area (Å²) in [5.74, 6) is 0.534. The van der Waals surface area contributed by atoms with Crippen molar-refractivity contribution >= 4 is 6.03 Å². The maximum absolute atomic E-state index is 12.1. The van der Waals surface area contributed by atoms with E-state index in [1.165, 1.54) is 5.56 Å². The SMILES string of the molecule is COCCN1CCC(CNC(=O)NC(C)c2ccccc2C)C1. The van der Waals surface area contributed by atoms with Crippen molar-refractivity contribution in [2.45, 2.75) is 26.3 Å². The van der Waals surface area contributed by atoms with Crippen molar-refractivity contribution in [3.63, 3.8) is 0 Å². The molecule has 5 heteroatoms. The minimum atomic E-state index is -0.0869. The largest absolute Gasteiger partial charge is 0.383 e. The van der Waals surface area contributed by atoms with Crippen molar-refractivity contribution in [1.29, 1.82) is 0 Å². The van der Waals surface area contributed by atoms with Crippen molar-refractivity contribution in [1.82, 2.24) is 15.5 Å². The number of hydrogen-bond donors (Lipinski definition) is 2. The van der Waals surface area contributed by atoms with Crippen LogP contribution in [0.1, 0.15) is 30.5 Å². The van der Waals surface area contributed by atoms with Gasteiger partial charge in [0.1, 0.15) is 0 Å². The van der Waals surface area contributed by atoms with Crippen LogP contribution in [0.15, 0.2) is 24.3 Å². The van der Waals surface area contributed by atoms with Crippen LogP contribution >= 0.6 is 0 Å². The van der Waals surface area contributed by atoms with E-state index in [9.17, 15) is 4.79 Å². The summed E-state index contributed by atoms with van der Waals surface area (Å²) in [7, 11) is 1.73. The van der Waals surface area contributed by atoms with Crippen LogP contribution in [0.25, 0.3) is 0 Å². The average molecular weight is 319 g/mol. The lowest BCUT2D eigenvalue weighted by Gasteiger charge is -2.19. The van der Waals surface area contributed by atoms with Crippen LogP contribution in [0.5, 0.6) is 0 Å². The Balaban J connectivity index is 1.70. The summed E-state index contributed by atoms with van der Waals surface area (Å²) in [5, 5.41) is 6.04. The van der Waals surface area contributed by atoms with Gasteiger partial charge in [-0.25, -0.2) is 4.79 Å². The first-order valence-electron chi connectivity index (χ1n) is 8.41. The van der Waals surface area contributed by atoms with E-state index >= 15 is 0 Å². The minimum absolute atomic E-state index is 0.0120. The third-order valence-corrected chi connectivity index (χ3v) is 4.54. The maximum Gasteiger partial charge on any atom is 0.315 e. The quantitative estimate of drug-likeness (QED) is 0.811. The van der Waals surface area contributed by atoms with Crippen molar-refractivity contribution in [3.05, 3.63) is 35.4 Å². The Hall–Kier alpha value is -1.59. The van der Waals surface area contributed by atoms with Crippen LogP contribution in [-0.4, -0.2) is 50.8 Å². The van der Waals surface area contributed by atoms with E-state index in [4.69, 9.17) is 4.74 Å². The van der Waals surface area contributed by atoms with E-state index in [0.29, 0.717) is 5.92 Å². The molecule has 0 bridgehead atoms. The zero-order valence-electron chi connectivity index (χ0n) is 14.5. The van der Waals surface area contributed by atoms with Gasteiger partial charge in [0.2, 0.25) is 0 Å². The number of methoxy groups -OCH3 is 1. The van der Waals surface area contributed by atoms with Crippen LogP contribution in [-0.2, 0) is 4.74 Å². The molecule has 0 aromatic heterocycles. The standard InChI is InChI=1S/C18H29N3O2/c1-14-6-4-5-7-17(14)15(2)20-18(22)19-12-16-8-9-21(13-16)10-11-23-3/h4-7,15-16H,8-13H2,1-3H3,(H2,19,20,22). The first-order valence-corrected chi connectivity index (χ1v) is 8.41. The van der Waals surface area contributed by atoms with Gasteiger partial charge in [0.15, 0.2) is 0 Å². The van der Waals surface area contributed by atoms with E-state index in [1.54, 1.807) is 7.11 Å². The Morgan fingerprint density at radius 1 is 1.43 bits per heavy atom. The highest BCUT2D eigenvalue weighted by molar-refractivity contribution is 5.74.